The molecule has 1 aliphatic carbocycles. The van der Waals surface area contributed by atoms with E-state index in [1.165, 1.54) is 0 Å². The second-order valence-corrected chi connectivity index (χ2v) is 10.1. The number of hydrogen-bond acceptors (Lipinski definition) is 8. The zero-order chi connectivity index (χ0) is 24.6. The van der Waals surface area contributed by atoms with Gasteiger partial charge in [0, 0.05) is 29.1 Å². The van der Waals surface area contributed by atoms with E-state index in [4.69, 9.17) is 20.9 Å². The van der Waals surface area contributed by atoms with E-state index in [9.17, 15) is 13.2 Å². The summed E-state index contributed by atoms with van der Waals surface area (Å²) in [5.41, 5.74) is 2.07. The van der Waals surface area contributed by atoms with E-state index in [1.54, 1.807) is 24.5 Å². The minimum Gasteiger partial charge on any atom is -0.382 e. The fourth-order valence-electron chi connectivity index (χ4n) is 4.04. The van der Waals surface area contributed by atoms with Crippen molar-refractivity contribution >= 4 is 33.4 Å². The summed E-state index contributed by atoms with van der Waals surface area (Å²) in [5.74, 6) is -0.0654. The molecule has 1 aliphatic rings. The number of aromatic nitrogens is 1. The van der Waals surface area contributed by atoms with Gasteiger partial charge in [-0.25, -0.2) is 5.14 Å². The van der Waals surface area contributed by atoms with E-state index < -0.39 is 16.3 Å². The number of nitrogens with one attached hydrogen (secondary N) is 1. The van der Waals surface area contributed by atoms with Crippen LogP contribution in [-0.4, -0.2) is 37.9 Å². The predicted octanol–water partition coefficient (Wildman–Crippen LogP) is 4.54. The average Bonchev–Trinajstić information content (AvgIpc) is 3.24. The van der Waals surface area contributed by atoms with Gasteiger partial charge >= 0.3 is 10.3 Å². The lowest BCUT2D eigenvalue weighted by Crippen LogP contribution is -2.23. The predicted molar refractivity (Wildman–Crippen MR) is 131 cm³/mol. The molecule has 34 heavy (non-hydrogen) atoms. The van der Waals surface area contributed by atoms with Crippen molar-refractivity contribution in [3.05, 3.63) is 58.9 Å². The van der Waals surface area contributed by atoms with Crippen molar-refractivity contribution in [2.24, 2.45) is 21.3 Å². The third-order valence-corrected chi connectivity index (χ3v) is 6.38. The Balaban J connectivity index is 1.66. The average molecular weight is 508 g/mol. The van der Waals surface area contributed by atoms with Crippen molar-refractivity contribution in [3.63, 3.8) is 0 Å². The van der Waals surface area contributed by atoms with Crippen LogP contribution in [-0.2, 0) is 21.0 Å². The highest BCUT2D eigenvalue weighted by Crippen LogP contribution is 2.30. The van der Waals surface area contributed by atoms with Crippen molar-refractivity contribution in [2.75, 3.05) is 11.9 Å². The number of azo groups is 1. The lowest BCUT2D eigenvalue weighted by molar-refractivity contribution is 0.0954. The number of carbonyl (C=O) groups is 1. The zero-order valence-electron chi connectivity index (χ0n) is 19.1. The SMILES string of the molecule is CCCC(N=NCc1cccc(Cl)c1)C(=O)c1cnccc1NC1CCC(COS(N)(=O)=O)C1. The van der Waals surface area contributed by atoms with Crippen LogP contribution in [0.3, 0.4) is 0 Å². The molecular weight excluding hydrogens is 478 g/mol. The van der Waals surface area contributed by atoms with Crippen LogP contribution < -0.4 is 10.5 Å². The highest BCUT2D eigenvalue weighted by Gasteiger charge is 2.28. The molecule has 0 spiro atoms. The summed E-state index contributed by atoms with van der Waals surface area (Å²) in [6, 6.07) is 8.63. The van der Waals surface area contributed by atoms with Gasteiger partial charge in [0.25, 0.3) is 0 Å². The summed E-state index contributed by atoms with van der Waals surface area (Å²) >= 11 is 6.02. The third kappa shape index (κ3) is 8.12. The van der Waals surface area contributed by atoms with Gasteiger partial charge in [-0.05, 0) is 55.4 Å². The summed E-state index contributed by atoms with van der Waals surface area (Å²) in [4.78, 5) is 17.5. The zero-order valence-corrected chi connectivity index (χ0v) is 20.6. The van der Waals surface area contributed by atoms with Gasteiger partial charge in [0.1, 0.15) is 6.04 Å². The summed E-state index contributed by atoms with van der Waals surface area (Å²) in [6.45, 7) is 2.40. The highest BCUT2D eigenvalue weighted by atomic mass is 35.5. The Morgan fingerprint density at radius 3 is 2.91 bits per heavy atom. The van der Waals surface area contributed by atoms with Gasteiger partial charge in [-0.2, -0.15) is 18.6 Å². The summed E-state index contributed by atoms with van der Waals surface area (Å²) in [7, 11) is -3.95. The number of pyridine rings is 1. The van der Waals surface area contributed by atoms with Crippen LogP contribution in [0, 0.1) is 5.92 Å². The van der Waals surface area contributed by atoms with Crippen LogP contribution in [0.2, 0.25) is 5.02 Å². The molecule has 1 aromatic carbocycles. The Hall–Kier alpha value is -2.40. The molecule has 1 fully saturated rings. The topological polar surface area (TPSA) is 136 Å². The number of Topliss-reactive ketones (excluding diaryl/α,β-unsaturated/α-hetero) is 1. The van der Waals surface area contributed by atoms with Crippen LogP contribution >= 0.6 is 11.6 Å². The van der Waals surface area contributed by atoms with Gasteiger partial charge in [0.15, 0.2) is 5.78 Å². The van der Waals surface area contributed by atoms with Gasteiger partial charge < -0.3 is 5.32 Å². The van der Waals surface area contributed by atoms with Crippen LogP contribution in [0.25, 0.3) is 0 Å². The van der Waals surface area contributed by atoms with E-state index in [0.29, 0.717) is 35.7 Å². The molecule has 3 N–H and O–H groups in total. The van der Waals surface area contributed by atoms with Crippen LogP contribution in [0.5, 0.6) is 0 Å². The Morgan fingerprint density at radius 2 is 2.18 bits per heavy atom. The number of benzene rings is 1. The second-order valence-electron chi connectivity index (χ2n) is 8.43. The number of ketones is 1. The molecule has 0 amide bonds. The van der Waals surface area contributed by atoms with E-state index in [-0.39, 0.29) is 24.3 Å². The molecule has 0 radical (unpaired) electrons. The molecule has 1 heterocycles. The number of nitrogens with two attached hydrogens (primary N) is 1. The number of carbonyl (C=O) groups excluding carboxylic acids is 1. The fourth-order valence-corrected chi connectivity index (χ4v) is 4.63. The van der Waals surface area contributed by atoms with E-state index in [0.717, 1.165) is 24.8 Å². The molecular formula is C23H30ClN5O4S. The Labute approximate surface area is 205 Å². The Bertz CT molecular complexity index is 1110. The maximum Gasteiger partial charge on any atom is 0.333 e. The van der Waals surface area contributed by atoms with Crippen molar-refractivity contribution in [1.29, 1.82) is 0 Å². The fraction of sp³-hybridized carbons (Fsp3) is 0.478. The van der Waals surface area contributed by atoms with Crippen LogP contribution in [0.1, 0.15) is 54.9 Å². The quantitative estimate of drug-likeness (QED) is 0.319. The van der Waals surface area contributed by atoms with E-state index >= 15 is 0 Å². The van der Waals surface area contributed by atoms with Gasteiger partial charge in [0.05, 0.1) is 18.7 Å². The normalized spacial score (nSPS) is 19.4. The van der Waals surface area contributed by atoms with Crippen molar-refractivity contribution in [1.82, 2.24) is 4.98 Å². The molecule has 3 atom stereocenters. The van der Waals surface area contributed by atoms with Crippen molar-refractivity contribution < 1.29 is 17.4 Å². The smallest absolute Gasteiger partial charge is 0.333 e. The summed E-state index contributed by atoms with van der Waals surface area (Å²) in [6.07, 6.45) is 6.88. The van der Waals surface area contributed by atoms with Crippen molar-refractivity contribution in [3.8, 4) is 0 Å². The molecule has 184 valence electrons. The lowest BCUT2D eigenvalue weighted by Gasteiger charge is -2.18. The van der Waals surface area contributed by atoms with Gasteiger partial charge in [-0.3, -0.25) is 14.0 Å². The van der Waals surface area contributed by atoms with E-state index in [1.807, 2.05) is 25.1 Å². The second kappa shape index (κ2) is 12.3. The minimum atomic E-state index is -3.95. The molecule has 3 unspecified atom stereocenters. The molecule has 11 heteroatoms. The monoisotopic (exact) mass is 507 g/mol. The van der Waals surface area contributed by atoms with Gasteiger partial charge in [0.2, 0.25) is 0 Å². The first-order valence-electron chi connectivity index (χ1n) is 11.3. The minimum absolute atomic E-state index is 0.0602. The number of anilines is 1. The Morgan fingerprint density at radius 1 is 1.35 bits per heavy atom. The van der Waals surface area contributed by atoms with Crippen LogP contribution in [0.4, 0.5) is 5.69 Å². The molecule has 3 rings (SSSR count). The first kappa shape index (κ1) is 26.2. The van der Waals surface area contributed by atoms with Gasteiger partial charge in [-0.15, -0.1) is 0 Å². The first-order chi connectivity index (χ1) is 16.2. The highest BCUT2D eigenvalue weighted by molar-refractivity contribution is 7.84. The Kier molecular flexibility index (Phi) is 9.52. The number of nitrogens with zero attached hydrogens (tertiary/aromatic N) is 3. The summed E-state index contributed by atoms with van der Waals surface area (Å²) < 4.78 is 26.8. The first-order valence-corrected chi connectivity index (χ1v) is 13.1. The number of hydrogen-bond donors (Lipinski definition) is 2. The van der Waals surface area contributed by atoms with Crippen LogP contribution in [0.15, 0.2) is 53.0 Å². The standard InChI is InChI=1S/C23H30ClN5O4S/c1-2-4-22(29-27-13-16-5-3-6-18(24)11-16)23(30)20-14-26-10-9-21(20)28-19-8-7-17(12-19)15-33-34(25,31)32/h3,5-6,9-11,14,17,19,22H,2,4,7-8,12-13,15H2,1H3,(H,26,28)(H2,25,31,32). The van der Waals surface area contributed by atoms with Gasteiger partial charge in [-0.1, -0.05) is 37.1 Å². The molecule has 9 nitrogen and oxygen atoms in total. The number of rotatable bonds is 12. The van der Waals surface area contributed by atoms with Crippen molar-refractivity contribution in [2.45, 2.75) is 57.7 Å². The number of halogens is 1. The van der Waals surface area contributed by atoms with E-state index in [2.05, 4.69) is 20.5 Å². The third-order valence-electron chi connectivity index (χ3n) is 5.68. The molecule has 1 saturated carbocycles. The maximum absolute atomic E-state index is 13.3. The summed E-state index contributed by atoms with van der Waals surface area (Å²) in [5, 5.41) is 17.6. The molecule has 0 bridgehead atoms. The maximum atomic E-state index is 13.3. The molecule has 0 saturated heterocycles. The molecule has 1 aromatic heterocycles. The molecule has 2 aromatic rings. The lowest BCUT2D eigenvalue weighted by atomic mass is 10.0. The molecule has 0 aliphatic heterocycles. The largest absolute Gasteiger partial charge is 0.382 e.